The lowest BCUT2D eigenvalue weighted by atomic mass is 10.2. The molecule has 1 fully saturated rings. The van der Waals surface area contributed by atoms with Crippen LogP contribution in [0.5, 0.6) is 0 Å². The van der Waals surface area contributed by atoms with Crippen LogP contribution in [-0.2, 0) is 10.0 Å². The fourth-order valence-electron chi connectivity index (χ4n) is 1.88. The zero-order valence-corrected chi connectivity index (χ0v) is 10.2. The molecule has 1 atom stereocenters. The first-order chi connectivity index (χ1) is 7.91. The van der Waals surface area contributed by atoms with Gasteiger partial charge in [0.15, 0.2) is 0 Å². The molecule has 0 bridgehead atoms. The van der Waals surface area contributed by atoms with Crippen molar-refractivity contribution in [2.24, 2.45) is 0 Å². The van der Waals surface area contributed by atoms with Gasteiger partial charge in [-0.2, -0.15) is 4.31 Å². The summed E-state index contributed by atoms with van der Waals surface area (Å²) in [7, 11) is -3.83. The molecular formula is C11H14FNO3S. The first-order valence-corrected chi connectivity index (χ1v) is 6.79. The molecule has 1 heterocycles. The van der Waals surface area contributed by atoms with E-state index in [1.807, 2.05) is 0 Å². The zero-order valence-electron chi connectivity index (χ0n) is 9.43. The minimum atomic E-state index is -3.83. The smallest absolute Gasteiger partial charge is 0.246 e. The quantitative estimate of drug-likeness (QED) is 0.858. The number of benzene rings is 1. The highest BCUT2D eigenvalue weighted by molar-refractivity contribution is 7.89. The molecule has 0 radical (unpaired) electrons. The summed E-state index contributed by atoms with van der Waals surface area (Å²) < 4.78 is 38.9. The van der Waals surface area contributed by atoms with Crippen LogP contribution >= 0.6 is 0 Å². The van der Waals surface area contributed by atoms with Crippen molar-refractivity contribution in [3.8, 4) is 0 Å². The Kier molecular flexibility index (Phi) is 3.20. The van der Waals surface area contributed by atoms with Crippen LogP contribution in [0.3, 0.4) is 0 Å². The van der Waals surface area contributed by atoms with Gasteiger partial charge in [0.2, 0.25) is 10.0 Å². The fourth-order valence-corrected chi connectivity index (χ4v) is 3.52. The van der Waals surface area contributed by atoms with E-state index in [4.69, 9.17) is 0 Å². The molecule has 1 unspecified atom stereocenters. The average Bonchev–Trinajstić information content (AvgIpc) is 2.69. The third-order valence-electron chi connectivity index (χ3n) is 2.83. The van der Waals surface area contributed by atoms with E-state index in [9.17, 15) is 17.9 Å². The number of aliphatic hydroxyl groups is 1. The number of aryl methyl sites for hydroxylation is 1. The maximum atomic E-state index is 13.5. The van der Waals surface area contributed by atoms with E-state index in [1.54, 1.807) is 6.92 Å². The summed E-state index contributed by atoms with van der Waals surface area (Å²) in [6.07, 6.45) is -0.259. The van der Waals surface area contributed by atoms with E-state index in [1.165, 1.54) is 12.1 Å². The van der Waals surface area contributed by atoms with Crippen LogP contribution in [0, 0.1) is 12.7 Å². The largest absolute Gasteiger partial charge is 0.392 e. The van der Waals surface area contributed by atoms with Crippen LogP contribution in [0.25, 0.3) is 0 Å². The molecule has 2 rings (SSSR count). The zero-order chi connectivity index (χ0) is 12.6. The van der Waals surface area contributed by atoms with Crippen LogP contribution in [0.2, 0.25) is 0 Å². The second kappa shape index (κ2) is 4.36. The molecule has 1 saturated heterocycles. The molecule has 6 heteroatoms. The van der Waals surface area contributed by atoms with Gasteiger partial charge in [0, 0.05) is 13.1 Å². The number of hydrogen-bond donors (Lipinski definition) is 1. The third kappa shape index (κ3) is 2.34. The molecule has 0 saturated carbocycles. The predicted molar refractivity (Wildman–Crippen MR) is 60.5 cm³/mol. The normalized spacial score (nSPS) is 21.9. The molecule has 1 aromatic carbocycles. The van der Waals surface area contributed by atoms with Gasteiger partial charge in [-0.25, -0.2) is 12.8 Å². The summed E-state index contributed by atoms with van der Waals surface area (Å²) >= 11 is 0. The Morgan fingerprint density at radius 2 is 2.18 bits per heavy atom. The van der Waals surface area contributed by atoms with Crippen molar-refractivity contribution < 1.29 is 17.9 Å². The molecule has 0 aliphatic carbocycles. The Bertz CT molecular complexity index is 530. The number of rotatable bonds is 2. The van der Waals surface area contributed by atoms with Gasteiger partial charge in [-0.1, -0.05) is 6.07 Å². The van der Waals surface area contributed by atoms with Crippen LogP contribution < -0.4 is 0 Å². The first kappa shape index (κ1) is 12.5. The van der Waals surface area contributed by atoms with E-state index in [2.05, 4.69) is 0 Å². The lowest BCUT2D eigenvalue weighted by Gasteiger charge is -2.16. The monoisotopic (exact) mass is 259 g/mol. The van der Waals surface area contributed by atoms with Crippen molar-refractivity contribution in [3.63, 3.8) is 0 Å². The van der Waals surface area contributed by atoms with Gasteiger partial charge < -0.3 is 5.11 Å². The number of sulfonamides is 1. The molecule has 1 aromatic rings. The summed E-state index contributed by atoms with van der Waals surface area (Å²) in [6.45, 7) is 1.98. The van der Waals surface area contributed by atoms with Crippen LogP contribution in [0.15, 0.2) is 23.1 Å². The Morgan fingerprint density at radius 1 is 1.47 bits per heavy atom. The second-order valence-corrected chi connectivity index (χ2v) is 6.15. The maximum absolute atomic E-state index is 13.5. The predicted octanol–water partition coefficient (Wildman–Crippen LogP) is 0.889. The van der Waals surface area contributed by atoms with Crippen molar-refractivity contribution in [2.75, 3.05) is 13.1 Å². The Balaban J connectivity index is 2.41. The van der Waals surface area contributed by atoms with E-state index >= 15 is 0 Å². The SMILES string of the molecule is Cc1ccc(F)c(S(=O)(=O)N2CCC(O)C2)c1. The lowest BCUT2D eigenvalue weighted by Crippen LogP contribution is -2.30. The highest BCUT2D eigenvalue weighted by Gasteiger charge is 2.33. The lowest BCUT2D eigenvalue weighted by molar-refractivity contribution is 0.189. The summed E-state index contributed by atoms with van der Waals surface area (Å²) in [4.78, 5) is -0.313. The number of halogens is 1. The number of hydrogen-bond acceptors (Lipinski definition) is 3. The Labute approximate surface area is 99.7 Å². The van der Waals surface area contributed by atoms with Gasteiger partial charge >= 0.3 is 0 Å². The molecule has 0 amide bonds. The Morgan fingerprint density at radius 3 is 2.76 bits per heavy atom. The van der Waals surface area contributed by atoms with Crippen molar-refractivity contribution >= 4 is 10.0 Å². The maximum Gasteiger partial charge on any atom is 0.246 e. The number of β-amino-alcohol motifs (C(OH)–C–C–N with tert-alkyl or cyclic N) is 1. The summed E-state index contributed by atoms with van der Waals surface area (Å²) in [6, 6.07) is 3.98. The van der Waals surface area contributed by atoms with E-state index in [-0.39, 0.29) is 18.0 Å². The molecule has 1 aliphatic heterocycles. The van der Waals surface area contributed by atoms with Crippen molar-refractivity contribution in [1.82, 2.24) is 4.31 Å². The van der Waals surface area contributed by atoms with Crippen LogP contribution in [-0.4, -0.2) is 37.0 Å². The van der Waals surface area contributed by atoms with Crippen molar-refractivity contribution in [3.05, 3.63) is 29.6 Å². The van der Waals surface area contributed by atoms with Gasteiger partial charge in [0.1, 0.15) is 10.7 Å². The summed E-state index contributed by atoms with van der Waals surface area (Å²) in [5.41, 5.74) is 0.685. The van der Waals surface area contributed by atoms with E-state index in [0.717, 1.165) is 10.4 Å². The van der Waals surface area contributed by atoms with E-state index < -0.39 is 21.9 Å². The topological polar surface area (TPSA) is 57.6 Å². The molecule has 1 aliphatic rings. The molecule has 0 spiro atoms. The standard InChI is InChI=1S/C11H14FNO3S/c1-8-2-3-10(12)11(6-8)17(15,16)13-5-4-9(14)7-13/h2-3,6,9,14H,4-5,7H2,1H3. The molecule has 4 nitrogen and oxygen atoms in total. The molecule has 1 N–H and O–H groups in total. The summed E-state index contributed by atoms with van der Waals surface area (Å²) in [5.74, 6) is -0.753. The van der Waals surface area contributed by atoms with Gasteiger partial charge in [-0.15, -0.1) is 0 Å². The molecule has 94 valence electrons. The van der Waals surface area contributed by atoms with Gasteiger partial charge in [0.05, 0.1) is 6.10 Å². The van der Waals surface area contributed by atoms with Crippen molar-refractivity contribution in [2.45, 2.75) is 24.3 Å². The molecule has 0 aromatic heterocycles. The fraction of sp³-hybridized carbons (Fsp3) is 0.455. The third-order valence-corrected chi connectivity index (χ3v) is 4.71. The minimum absolute atomic E-state index is 0.0374. The molecule has 17 heavy (non-hydrogen) atoms. The van der Waals surface area contributed by atoms with Crippen LogP contribution in [0.4, 0.5) is 4.39 Å². The van der Waals surface area contributed by atoms with Crippen molar-refractivity contribution in [1.29, 1.82) is 0 Å². The van der Waals surface area contributed by atoms with Gasteiger partial charge in [0.25, 0.3) is 0 Å². The van der Waals surface area contributed by atoms with Gasteiger partial charge in [-0.05, 0) is 31.0 Å². The van der Waals surface area contributed by atoms with E-state index in [0.29, 0.717) is 12.0 Å². The molecular weight excluding hydrogens is 245 g/mol. The second-order valence-electron chi connectivity index (χ2n) is 4.24. The number of aliphatic hydroxyl groups excluding tert-OH is 1. The average molecular weight is 259 g/mol. The number of nitrogens with zero attached hydrogens (tertiary/aromatic N) is 1. The highest BCUT2D eigenvalue weighted by Crippen LogP contribution is 2.24. The van der Waals surface area contributed by atoms with Crippen LogP contribution in [0.1, 0.15) is 12.0 Å². The summed E-state index contributed by atoms with van der Waals surface area (Å²) in [5, 5.41) is 9.33. The minimum Gasteiger partial charge on any atom is -0.392 e. The highest BCUT2D eigenvalue weighted by atomic mass is 32.2. The first-order valence-electron chi connectivity index (χ1n) is 5.35. The Hall–Kier alpha value is -0.980. The van der Waals surface area contributed by atoms with Gasteiger partial charge in [-0.3, -0.25) is 0 Å².